The first-order valence-electron chi connectivity index (χ1n) is 5.82. The normalized spacial score (nSPS) is 10.1. The standard InChI is InChI=1S/C15H11FO4/c16-13-7-2-1-4-11(13)9-20-12-6-3-5-10(8-12)14(17)15(18)19/h1-8H,9H2,(H,18,19). The third kappa shape index (κ3) is 3.20. The Hall–Kier alpha value is -2.69. The molecule has 0 unspecified atom stereocenters. The highest BCUT2D eigenvalue weighted by Crippen LogP contribution is 2.16. The van der Waals surface area contributed by atoms with Crippen molar-refractivity contribution in [3.63, 3.8) is 0 Å². The van der Waals surface area contributed by atoms with Crippen LogP contribution in [0.4, 0.5) is 4.39 Å². The topological polar surface area (TPSA) is 63.6 Å². The zero-order valence-electron chi connectivity index (χ0n) is 10.4. The van der Waals surface area contributed by atoms with Crippen LogP contribution in [0.15, 0.2) is 48.5 Å². The molecule has 0 saturated carbocycles. The van der Waals surface area contributed by atoms with E-state index in [1.54, 1.807) is 24.3 Å². The van der Waals surface area contributed by atoms with E-state index in [0.717, 1.165) is 0 Å². The Morgan fingerprint density at radius 2 is 1.85 bits per heavy atom. The smallest absolute Gasteiger partial charge is 0.377 e. The van der Waals surface area contributed by atoms with Gasteiger partial charge in [-0.2, -0.15) is 0 Å². The number of carboxylic acids is 1. The quantitative estimate of drug-likeness (QED) is 0.672. The van der Waals surface area contributed by atoms with E-state index in [-0.39, 0.29) is 18.0 Å². The molecule has 2 rings (SSSR count). The summed E-state index contributed by atoms with van der Waals surface area (Å²) in [5, 5.41) is 8.63. The van der Waals surface area contributed by atoms with Crippen LogP contribution in [0.2, 0.25) is 0 Å². The van der Waals surface area contributed by atoms with Crippen LogP contribution in [-0.2, 0) is 11.4 Å². The van der Waals surface area contributed by atoms with Crippen LogP contribution in [0.5, 0.6) is 5.75 Å². The van der Waals surface area contributed by atoms with Crippen molar-refractivity contribution in [2.24, 2.45) is 0 Å². The molecule has 0 bridgehead atoms. The number of hydrogen-bond donors (Lipinski definition) is 1. The van der Waals surface area contributed by atoms with Crippen molar-refractivity contribution in [2.45, 2.75) is 6.61 Å². The lowest BCUT2D eigenvalue weighted by molar-refractivity contribution is -0.131. The van der Waals surface area contributed by atoms with Crippen LogP contribution < -0.4 is 4.74 Å². The van der Waals surface area contributed by atoms with E-state index in [1.807, 2.05) is 0 Å². The fourth-order valence-corrected chi connectivity index (χ4v) is 1.63. The van der Waals surface area contributed by atoms with Gasteiger partial charge in [-0.25, -0.2) is 9.18 Å². The number of carbonyl (C=O) groups is 2. The molecule has 0 radical (unpaired) electrons. The molecule has 0 aliphatic heterocycles. The SMILES string of the molecule is O=C(O)C(=O)c1cccc(OCc2ccccc2F)c1. The number of hydrogen-bond acceptors (Lipinski definition) is 3. The summed E-state index contributed by atoms with van der Waals surface area (Å²) in [5.74, 6) is -2.62. The van der Waals surface area contributed by atoms with E-state index >= 15 is 0 Å². The minimum Gasteiger partial charge on any atom is -0.489 e. The van der Waals surface area contributed by atoms with Gasteiger partial charge in [0.25, 0.3) is 5.78 Å². The third-order valence-electron chi connectivity index (χ3n) is 2.64. The van der Waals surface area contributed by atoms with Crippen LogP contribution >= 0.6 is 0 Å². The summed E-state index contributed by atoms with van der Waals surface area (Å²) >= 11 is 0. The van der Waals surface area contributed by atoms with Gasteiger partial charge in [0.15, 0.2) is 0 Å². The summed E-state index contributed by atoms with van der Waals surface area (Å²) in [5.41, 5.74) is 0.394. The Kier molecular flexibility index (Phi) is 4.10. The Bertz CT molecular complexity index is 652. The van der Waals surface area contributed by atoms with Gasteiger partial charge in [-0.05, 0) is 18.2 Å². The first-order chi connectivity index (χ1) is 9.58. The number of ketones is 1. The maximum Gasteiger partial charge on any atom is 0.377 e. The molecule has 5 heteroatoms. The van der Waals surface area contributed by atoms with Gasteiger partial charge < -0.3 is 9.84 Å². The number of aliphatic carboxylic acids is 1. The van der Waals surface area contributed by atoms with E-state index in [4.69, 9.17) is 9.84 Å². The van der Waals surface area contributed by atoms with E-state index in [2.05, 4.69) is 0 Å². The molecular formula is C15H11FO4. The second kappa shape index (κ2) is 5.97. The minimum absolute atomic E-state index is 0.00259. The fraction of sp³-hybridized carbons (Fsp3) is 0.0667. The molecule has 0 heterocycles. The lowest BCUT2D eigenvalue weighted by Gasteiger charge is -2.07. The van der Waals surface area contributed by atoms with E-state index < -0.39 is 11.8 Å². The van der Waals surface area contributed by atoms with Crippen molar-refractivity contribution < 1.29 is 23.8 Å². The highest BCUT2D eigenvalue weighted by Gasteiger charge is 2.14. The third-order valence-corrected chi connectivity index (χ3v) is 2.64. The van der Waals surface area contributed by atoms with Crippen molar-refractivity contribution in [1.82, 2.24) is 0 Å². The van der Waals surface area contributed by atoms with Crippen LogP contribution in [-0.4, -0.2) is 16.9 Å². The van der Waals surface area contributed by atoms with Gasteiger partial charge >= 0.3 is 5.97 Å². The Morgan fingerprint density at radius 3 is 2.55 bits per heavy atom. The number of halogens is 1. The van der Waals surface area contributed by atoms with Crippen molar-refractivity contribution in [3.05, 3.63) is 65.5 Å². The first-order valence-corrected chi connectivity index (χ1v) is 5.82. The Labute approximate surface area is 114 Å². The molecule has 2 aromatic rings. The van der Waals surface area contributed by atoms with Crippen molar-refractivity contribution >= 4 is 11.8 Å². The van der Waals surface area contributed by atoms with Crippen LogP contribution in [0.3, 0.4) is 0 Å². The van der Waals surface area contributed by atoms with Gasteiger partial charge in [0, 0.05) is 11.1 Å². The van der Waals surface area contributed by atoms with Crippen molar-refractivity contribution in [1.29, 1.82) is 0 Å². The van der Waals surface area contributed by atoms with E-state index in [0.29, 0.717) is 11.3 Å². The molecule has 102 valence electrons. The van der Waals surface area contributed by atoms with Gasteiger partial charge in [0.1, 0.15) is 18.2 Å². The second-order valence-corrected chi connectivity index (χ2v) is 4.04. The Morgan fingerprint density at radius 1 is 1.10 bits per heavy atom. The summed E-state index contributed by atoms with van der Waals surface area (Å²) in [7, 11) is 0. The fourth-order valence-electron chi connectivity index (χ4n) is 1.63. The number of benzene rings is 2. The number of Topliss-reactive ketones (excluding diaryl/α,β-unsaturated/α-hetero) is 1. The molecule has 0 aromatic heterocycles. The molecule has 0 fully saturated rings. The van der Waals surface area contributed by atoms with Crippen LogP contribution in [0.25, 0.3) is 0 Å². The summed E-state index contributed by atoms with van der Waals surface area (Å²) in [4.78, 5) is 21.9. The molecule has 0 aliphatic rings. The summed E-state index contributed by atoms with van der Waals surface area (Å²) < 4.78 is 18.8. The minimum atomic E-state index is -1.53. The summed E-state index contributed by atoms with van der Waals surface area (Å²) in [6.07, 6.45) is 0. The van der Waals surface area contributed by atoms with Gasteiger partial charge in [0.05, 0.1) is 0 Å². The Balaban J connectivity index is 2.11. The second-order valence-electron chi connectivity index (χ2n) is 4.04. The molecule has 1 N–H and O–H groups in total. The predicted octanol–water partition coefficient (Wildman–Crippen LogP) is 2.67. The predicted molar refractivity (Wildman–Crippen MR) is 69.1 cm³/mol. The molecule has 2 aromatic carbocycles. The monoisotopic (exact) mass is 274 g/mol. The zero-order valence-corrected chi connectivity index (χ0v) is 10.4. The highest BCUT2D eigenvalue weighted by molar-refractivity contribution is 6.39. The highest BCUT2D eigenvalue weighted by atomic mass is 19.1. The molecule has 0 saturated heterocycles. The molecule has 0 atom stereocenters. The number of ether oxygens (including phenoxy) is 1. The van der Waals surface area contributed by atoms with Crippen molar-refractivity contribution in [3.8, 4) is 5.75 Å². The lowest BCUT2D eigenvalue weighted by atomic mass is 10.1. The van der Waals surface area contributed by atoms with E-state index in [9.17, 15) is 14.0 Å². The largest absolute Gasteiger partial charge is 0.489 e. The zero-order chi connectivity index (χ0) is 14.5. The number of carboxylic acid groups (broad SMARTS) is 1. The van der Waals surface area contributed by atoms with Gasteiger partial charge in [-0.15, -0.1) is 0 Å². The summed E-state index contributed by atoms with van der Waals surface area (Å²) in [6, 6.07) is 11.9. The average molecular weight is 274 g/mol. The average Bonchev–Trinajstić information content (AvgIpc) is 2.46. The van der Waals surface area contributed by atoms with Crippen LogP contribution in [0.1, 0.15) is 15.9 Å². The molecular weight excluding hydrogens is 263 g/mol. The van der Waals surface area contributed by atoms with Crippen LogP contribution in [0, 0.1) is 5.82 Å². The van der Waals surface area contributed by atoms with Crippen molar-refractivity contribution in [2.75, 3.05) is 0 Å². The molecule has 0 aliphatic carbocycles. The molecule has 0 spiro atoms. The molecule has 0 amide bonds. The maximum atomic E-state index is 13.4. The lowest BCUT2D eigenvalue weighted by Crippen LogP contribution is -2.12. The number of rotatable bonds is 5. The van der Waals surface area contributed by atoms with E-state index in [1.165, 1.54) is 24.3 Å². The number of carbonyl (C=O) groups excluding carboxylic acids is 1. The van der Waals surface area contributed by atoms with Gasteiger partial charge in [-0.3, -0.25) is 4.79 Å². The maximum absolute atomic E-state index is 13.4. The summed E-state index contributed by atoms with van der Waals surface area (Å²) in [6.45, 7) is -0.00259. The van der Waals surface area contributed by atoms with Gasteiger partial charge in [-0.1, -0.05) is 30.3 Å². The van der Waals surface area contributed by atoms with Gasteiger partial charge in [0.2, 0.25) is 0 Å². The first kappa shape index (κ1) is 13.7. The molecule has 20 heavy (non-hydrogen) atoms. The molecule has 4 nitrogen and oxygen atoms in total.